The molecule has 0 bridgehead atoms. The Kier molecular flexibility index (Phi) is 7.65. The van der Waals surface area contributed by atoms with Crippen LogP contribution in [0.2, 0.25) is 0 Å². The standard InChI is InChI=1S/C21H33NO5/c1-6-17(25-20(22)23)14(2)19-15(3)18(26-21(4,5)27-19)13-24-12-16-10-8-7-9-11-16/h7-11,14-15,17-19H,6,12-13H2,1-5H3,(H2,22,23)/t14-,15-,17+,18+,19-/m1/s1. The first kappa shape index (κ1) is 21.7. The summed E-state index contributed by atoms with van der Waals surface area (Å²) < 4.78 is 23.5. The van der Waals surface area contributed by atoms with E-state index in [9.17, 15) is 4.79 Å². The summed E-state index contributed by atoms with van der Waals surface area (Å²) in [7, 11) is 0. The van der Waals surface area contributed by atoms with Gasteiger partial charge in [0.05, 0.1) is 25.4 Å². The highest BCUT2D eigenvalue weighted by atomic mass is 16.7. The van der Waals surface area contributed by atoms with Gasteiger partial charge in [0.2, 0.25) is 0 Å². The Balaban J connectivity index is 2.02. The zero-order valence-corrected chi connectivity index (χ0v) is 17.0. The van der Waals surface area contributed by atoms with Crippen molar-refractivity contribution in [2.45, 2.75) is 71.7 Å². The van der Waals surface area contributed by atoms with Gasteiger partial charge in [-0.25, -0.2) is 4.79 Å². The molecule has 6 nitrogen and oxygen atoms in total. The Morgan fingerprint density at radius 3 is 2.52 bits per heavy atom. The highest BCUT2D eigenvalue weighted by Crippen LogP contribution is 2.36. The number of amides is 1. The molecule has 27 heavy (non-hydrogen) atoms. The average Bonchev–Trinajstić information content (AvgIpc) is 2.62. The largest absolute Gasteiger partial charge is 0.446 e. The van der Waals surface area contributed by atoms with Crippen LogP contribution in [0.4, 0.5) is 4.79 Å². The zero-order chi connectivity index (χ0) is 20.0. The predicted molar refractivity (Wildman–Crippen MR) is 103 cm³/mol. The predicted octanol–water partition coefficient (Wildman–Crippen LogP) is 3.87. The Labute approximate surface area is 162 Å². The number of primary amides is 1. The van der Waals surface area contributed by atoms with Crippen LogP contribution >= 0.6 is 0 Å². The monoisotopic (exact) mass is 379 g/mol. The van der Waals surface area contributed by atoms with Crippen LogP contribution in [0, 0.1) is 11.8 Å². The second-order valence-corrected chi connectivity index (χ2v) is 7.74. The van der Waals surface area contributed by atoms with Crippen molar-refractivity contribution in [3.05, 3.63) is 35.9 Å². The first-order chi connectivity index (χ1) is 12.7. The van der Waals surface area contributed by atoms with Gasteiger partial charge in [-0.2, -0.15) is 0 Å². The first-order valence-electron chi connectivity index (χ1n) is 9.67. The molecule has 1 saturated heterocycles. The van der Waals surface area contributed by atoms with E-state index >= 15 is 0 Å². The number of benzene rings is 1. The van der Waals surface area contributed by atoms with Crippen molar-refractivity contribution in [2.24, 2.45) is 17.6 Å². The third-order valence-corrected chi connectivity index (χ3v) is 5.13. The number of ether oxygens (including phenoxy) is 4. The smallest absolute Gasteiger partial charge is 0.404 e. The van der Waals surface area contributed by atoms with Gasteiger partial charge in [0.15, 0.2) is 5.79 Å². The van der Waals surface area contributed by atoms with Crippen molar-refractivity contribution in [3.8, 4) is 0 Å². The number of carbonyl (C=O) groups is 1. The minimum atomic E-state index is -0.754. The molecule has 6 heteroatoms. The fourth-order valence-corrected chi connectivity index (χ4v) is 3.71. The zero-order valence-electron chi connectivity index (χ0n) is 17.0. The third-order valence-electron chi connectivity index (χ3n) is 5.13. The van der Waals surface area contributed by atoms with Crippen LogP contribution in [-0.2, 0) is 25.6 Å². The van der Waals surface area contributed by atoms with E-state index in [2.05, 4.69) is 6.92 Å². The van der Waals surface area contributed by atoms with E-state index in [4.69, 9.17) is 24.7 Å². The molecule has 1 heterocycles. The van der Waals surface area contributed by atoms with Crippen LogP contribution in [0.1, 0.15) is 46.6 Å². The molecule has 1 amide bonds. The molecule has 1 aromatic carbocycles. The van der Waals surface area contributed by atoms with Gasteiger partial charge in [0.25, 0.3) is 0 Å². The van der Waals surface area contributed by atoms with Crippen LogP contribution in [-0.4, -0.2) is 36.8 Å². The van der Waals surface area contributed by atoms with E-state index in [1.807, 2.05) is 58.0 Å². The van der Waals surface area contributed by atoms with Gasteiger partial charge >= 0.3 is 6.09 Å². The van der Waals surface area contributed by atoms with E-state index in [1.165, 1.54) is 0 Å². The fraction of sp³-hybridized carbons (Fsp3) is 0.667. The number of carbonyl (C=O) groups excluding carboxylic acids is 1. The molecule has 0 saturated carbocycles. The van der Waals surface area contributed by atoms with Gasteiger partial charge in [-0.05, 0) is 25.8 Å². The summed E-state index contributed by atoms with van der Waals surface area (Å²) in [5.41, 5.74) is 6.35. The molecule has 0 spiro atoms. The molecule has 2 rings (SSSR count). The summed E-state index contributed by atoms with van der Waals surface area (Å²) in [6.07, 6.45) is -0.628. The molecule has 152 valence electrons. The molecule has 0 aromatic heterocycles. The fourth-order valence-electron chi connectivity index (χ4n) is 3.71. The summed E-state index contributed by atoms with van der Waals surface area (Å²) in [4.78, 5) is 11.2. The SMILES string of the molecule is CC[C@H](OC(N)=O)[C@@H](C)[C@H]1OC(C)(C)O[C@@H](COCc2ccccc2)[C@H]1C. The Morgan fingerprint density at radius 2 is 1.93 bits per heavy atom. The normalized spacial score (nSPS) is 26.9. The molecule has 0 unspecified atom stereocenters. The summed E-state index contributed by atoms with van der Waals surface area (Å²) >= 11 is 0. The van der Waals surface area contributed by atoms with Gasteiger partial charge in [0, 0.05) is 11.8 Å². The molecule has 1 aliphatic heterocycles. The van der Waals surface area contributed by atoms with Gasteiger partial charge in [0.1, 0.15) is 6.10 Å². The van der Waals surface area contributed by atoms with Crippen LogP contribution < -0.4 is 5.73 Å². The first-order valence-corrected chi connectivity index (χ1v) is 9.67. The molecule has 1 aromatic rings. The van der Waals surface area contributed by atoms with Crippen molar-refractivity contribution in [1.29, 1.82) is 0 Å². The maximum atomic E-state index is 11.2. The molecule has 0 aliphatic carbocycles. The Hall–Kier alpha value is -1.63. The van der Waals surface area contributed by atoms with E-state index in [1.54, 1.807) is 0 Å². The lowest BCUT2D eigenvalue weighted by Crippen LogP contribution is -2.55. The summed E-state index contributed by atoms with van der Waals surface area (Å²) in [6.45, 7) is 10.9. The van der Waals surface area contributed by atoms with Gasteiger partial charge < -0.3 is 24.7 Å². The van der Waals surface area contributed by atoms with Crippen LogP contribution in [0.15, 0.2) is 30.3 Å². The number of nitrogens with two attached hydrogens (primary N) is 1. The van der Waals surface area contributed by atoms with E-state index in [0.29, 0.717) is 19.6 Å². The molecule has 2 N–H and O–H groups in total. The summed E-state index contributed by atoms with van der Waals surface area (Å²) in [5, 5.41) is 0. The van der Waals surface area contributed by atoms with Gasteiger partial charge in [-0.15, -0.1) is 0 Å². The highest BCUT2D eigenvalue weighted by molar-refractivity contribution is 5.64. The van der Waals surface area contributed by atoms with E-state index < -0.39 is 11.9 Å². The number of rotatable bonds is 8. The van der Waals surface area contributed by atoms with Crippen LogP contribution in [0.3, 0.4) is 0 Å². The topological polar surface area (TPSA) is 80.0 Å². The lowest BCUT2D eigenvalue weighted by Gasteiger charge is -2.47. The third kappa shape index (κ3) is 6.19. The molecule has 5 atom stereocenters. The second kappa shape index (κ2) is 9.53. The second-order valence-electron chi connectivity index (χ2n) is 7.74. The Bertz CT molecular complexity index is 591. The molecular weight excluding hydrogens is 346 g/mol. The van der Waals surface area contributed by atoms with Crippen molar-refractivity contribution >= 4 is 6.09 Å². The molecular formula is C21H33NO5. The van der Waals surface area contributed by atoms with Crippen LogP contribution in [0.5, 0.6) is 0 Å². The van der Waals surface area contributed by atoms with Crippen molar-refractivity contribution in [2.75, 3.05) is 6.61 Å². The summed E-state index contributed by atoms with van der Waals surface area (Å²) in [6, 6.07) is 10.1. The summed E-state index contributed by atoms with van der Waals surface area (Å²) in [5.74, 6) is -0.677. The lowest BCUT2D eigenvalue weighted by molar-refractivity contribution is -0.335. The molecule has 0 radical (unpaired) electrons. The minimum Gasteiger partial charge on any atom is -0.446 e. The van der Waals surface area contributed by atoms with E-state index in [-0.39, 0.29) is 30.1 Å². The number of hydrogen-bond acceptors (Lipinski definition) is 5. The average molecular weight is 379 g/mol. The van der Waals surface area contributed by atoms with Gasteiger partial charge in [-0.3, -0.25) is 0 Å². The quantitative estimate of drug-likeness (QED) is 0.742. The van der Waals surface area contributed by atoms with Crippen molar-refractivity contribution in [1.82, 2.24) is 0 Å². The van der Waals surface area contributed by atoms with Crippen LogP contribution in [0.25, 0.3) is 0 Å². The van der Waals surface area contributed by atoms with Crippen molar-refractivity contribution < 1.29 is 23.7 Å². The minimum absolute atomic E-state index is 0.0164. The highest BCUT2D eigenvalue weighted by Gasteiger charge is 2.45. The maximum absolute atomic E-state index is 11.2. The van der Waals surface area contributed by atoms with Crippen molar-refractivity contribution in [3.63, 3.8) is 0 Å². The van der Waals surface area contributed by atoms with E-state index in [0.717, 1.165) is 5.56 Å². The van der Waals surface area contributed by atoms with Gasteiger partial charge in [-0.1, -0.05) is 51.1 Å². The molecule has 1 aliphatic rings. The Morgan fingerprint density at radius 1 is 1.26 bits per heavy atom. The number of hydrogen-bond donors (Lipinski definition) is 1. The maximum Gasteiger partial charge on any atom is 0.404 e. The molecule has 1 fully saturated rings. The lowest BCUT2D eigenvalue weighted by atomic mass is 9.84.